The van der Waals surface area contributed by atoms with Crippen LogP contribution in [0.2, 0.25) is 0 Å². The van der Waals surface area contributed by atoms with Crippen LogP contribution in [0.3, 0.4) is 0 Å². The van der Waals surface area contributed by atoms with Gasteiger partial charge in [-0.2, -0.15) is 0 Å². The summed E-state index contributed by atoms with van der Waals surface area (Å²) >= 11 is 0. The summed E-state index contributed by atoms with van der Waals surface area (Å²) < 4.78 is 4.51. The Labute approximate surface area is 74.6 Å². The molecule has 0 saturated heterocycles. The van der Waals surface area contributed by atoms with Gasteiger partial charge in [0.05, 0.1) is 7.11 Å². The summed E-state index contributed by atoms with van der Waals surface area (Å²) in [5.41, 5.74) is 0. The van der Waals surface area contributed by atoms with Crippen LogP contribution < -0.4 is 0 Å². The summed E-state index contributed by atoms with van der Waals surface area (Å²) in [6.45, 7) is 3.68. The molecule has 12 heavy (non-hydrogen) atoms. The van der Waals surface area contributed by atoms with Gasteiger partial charge in [-0.1, -0.05) is 12.2 Å². The highest BCUT2D eigenvalue weighted by Crippen LogP contribution is 2.01. The number of carbonyl (C=O) groups is 1. The SMILES string of the molecule is [CH2]CC=CCCCCC(=O)OC. The fraction of sp³-hybridized carbons (Fsp3) is 0.600. The lowest BCUT2D eigenvalue weighted by Gasteiger charge is -1.96. The molecular weight excluding hydrogens is 152 g/mol. The molecule has 0 aromatic rings. The van der Waals surface area contributed by atoms with Crippen molar-refractivity contribution in [2.45, 2.75) is 32.1 Å². The molecule has 0 aromatic heterocycles. The molecule has 0 amide bonds. The number of methoxy groups -OCH3 is 1. The van der Waals surface area contributed by atoms with E-state index < -0.39 is 0 Å². The quantitative estimate of drug-likeness (QED) is 0.347. The third-order valence-corrected chi connectivity index (χ3v) is 1.56. The Morgan fingerprint density at radius 1 is 1.42 bits per heavy atom. The average molecular weight is 169 g/mol. The van der Waals surface area contributed by atoms with Crippen LogP contribution in [0.25, 0.3) is 0 Å². The number of hydrogen-bond acceptors (Lipinski definition) is 2. The van der Waals surface area contributed by atoms with E-state index in [1.165, 1.54) is 7.11 Å². The van der Waals surface area contributed by atoms with Crippen molar-refractivity contribution >= 4 is 5.97 Å². The molecular formula is C10H17O2. The number of carbonyl (C=O) groups excluding carboxylic acids is 1. The first-order chi connectivity index (χ1) is 5.81. The second-order valence-electron chi connectivity index (χ2n) is 2.58. The van der Waals surface area contributed by atoms with Crippen molar-refractivity contribution in [3.63, 3.8) is 0 Å². The zero-order chi connectivity index (χ0) is 9.23. The van der Waals surface area contributed by atoms with Gasteiger partial charge in [-0.3, -0.25) is 4.79 Å². The predicted octanol–water partition coefficient (Wildman–Crippen LogP) is 2.50. The van der Waals surface area contributed by atoms with Gasteiger partial charge >= 0.3 is 5.97 Å². The molecule has 1 radical (unpaired) electrons. The van der Waals surface area contributed by atoms with Crippen molar-refractivity contribution in [1.82, 2.24) is 0 Å². The first-order valence-electron chi connectivity index (χ1n) is 4.32. The standard InChI is InChI=1S/C10H17O2/c1-3-4-5-6-7-8-9-10(11)12-2/h4-5H,1,3,6-9H2,2H3. The van der Waals surface area contributed by atoms with Gasteiger partial charge in [0.15, 0.2) is 0 Å². The van der Waals surface area contributed by atoms with Crippen LogP contribution in [0.4, 0.5) is 0 Å². The molecule has 0 fully saturated rings. The van der Waals surface area contributed by atoms with E-state index in [-0.39, 0.29) is 5.97 Å². The highest BCUT2D eigenvalue weighted by molar-refractivity contribution is 5.68. The molecule has 0 atom stereocenters. The fourth-order valence-corrected chi connectivity index (χ4v) is 0.869. The van der Waals surface area contributed by atoms with E-state index in [0.29, 0.717) is 6.42 Å². The molecule has 0 N–H and O–H groups in total. The van der Waals surface area contributed by atoms with E-state index in [1.54, 1.807) is 0 Å². The summed E-state index contributed by atoms with van der Waals surface area (Å²) in [5.74, 6) is -0.115. The Balaban J connectivity index is 3.10. The molecule has 0 spiro atoms. The van der Waals surface area contributed by atoms with Crippen LogP contribution in [0, 0.1) is 6.92 Å². The Morgan fingerprint density at radius 3 is 2.75 bits per heavy atom. The Kier molecular flexibility index (Phi) is 7.76. The molecule has 0 rings (SSSR count). The van der Waals surface area contributed by atoms with Crippen molar-refractivity contribution in [2.24, 2.45) is 0 Å². The molecule has 2 heteroatoms. The summed E-state index contributed by atoms with van der Waals surface area (Å²) in [7, 11) is 1.42. The Morgan fingerprint density at radius 2 is 2.17 bits per heavy atom. The maximum Gasteiger partial charge on any atom is 0.305 e. The Bertz CT molecular complexity index is 139. The van der Waals surface area contributed by atoms with Gasteiger partial charge in [-0.15, -0.1) is 0 Å². The highest BCUT2D eigenvalue weighted by atomic mass is 16.5. The number of hydrogen-bond donors (Lipinski definition) is 0. The number of esters is 1. The molecule has 0 aliphatic carbocycles. The topological polar surface area (TPSA) is 26.3 Å². The number of unbranched alkanes of at least 4 members (excludes halogenated alkanes) is 2. The first kappa shape index (κ1) is 11.2. The van der Waals surface area contributed by atoms with Crippen molar-refractivity contribution in [2.75, 3.05) is 7.11 Å². The van der Waals surface area contributed by atoms with Crippen molar-refractivity contribution in [1.29, 1.82) is 0 Å². The fourth-order valence-electron chi connectivity index (χ4n) is 0.869. The van der Waals surface area contributed by atoms with Gasteiger partial charge in [0.25, 0.3) is 0 Å². The van der Waals surface area contributed by atoms with Gasteiger partial charge < -0.3 is 4.74 Å². The van der Waals surface area contributed by atoms with Crippen LogP contribution >= 0.6 is 0 Å². The second-order valence-corrected chi connectivity index (χ2v) is 2.58. The second kappa shape index (κ2) is 8.31. The summed E-state index contributed by atoms with van der Waals surface area (Å²) in [5, 5.41) is 0. The lowest BCUT2D eigenvalue weighted by atomic mass is 10.2. The van der Waals surface area contributed by atoms with E-state index in [9.17, 15) is 4.79 Å². The van der Waals surface area contributed by atoms with Crippen molar-refractivity contribution < 1.29 is 9.53 Å². The lowest BCUT2D eigenvalue weighted by molar-refractivity contribution is -0.140. The van der Waals surface area contributed by atoms with E-state index in [0.717, 1.165) is 25.7 Å². The first-order valence-corrected chi connectivity index (χ1v) is 4.32. The van der Waals surface area contributed by atoms with E-state index in [4.69, 9.17) is 0 Å². The van der Waals surface area contributed by atoms with E-state index in [1.807, 2.05) is 6.08 Å². The zero-order valence-electron chi connectivity index (χ0n) is 7.71. The highest BCUT2D eigenvalue weighted by Gasteiger charge is 1.97. The summed E-state index contributed by atoms with van der Waals surface area (Å²) in [6, 6.07) is 0. The third kappa shape index (κ3) is 7.32. The monoisotopic (exact) mass is 169 g/mol. The molecule has 0 bridgehead atoms. The summed E-state index contributed by atoms with van der Waals surface area (Å²) in [6.07, 6.45) is 8.51. The van der Waals surface area contributed by atoms with Gasteiger partial charge in [-0.25, -0.2) is 0 Å². The summed E-state index contributed by atoms with van der Waals surface area (Å²) in [4.78, 5) is 10.7. The van der Waals surface area contributed by atoms with Crippen LogP contribution in [-0.2, 0) is 9.53 Å². The zero-order valence-corrected chi connectivity index (χ0v) is 7.71. The van der Waals surface area contributed by atoms with Crippen LogP contribution in [-0.4, -0.2) is 13.1 Å². The van der Waals surface area contributed by atoms with Crippen molar-refractivity contribution in [3.8, 4) is 0 Å². The van der Waals surface area contributed by atoms with Crippen LogP contribution in [0.15, 0.2) is 12.2 Å². The predicted molar refractivity (Wildman–Crippen MR) is 49.6 cm³/mol. The largest absolute Gasteiger partial charge is 0.469 e. The average Bonchev–Trinajstić information content (AvgIpc) is 2.10. The number of rotatable bonds is 6. The minimum atomic E-state index is -0.115. The molecule has 69 valence electrons. The van der Waals surface area contributed by atoms with Gasteiger partial charge in [0, 0.05) is 6.42 Å². The van der Waals surface area contributed by atoms with Crippen LogP contribution in [0.5, 0.6) is 0 Å². The molecule has 2 nitrogen and oxygen atoms in total. The van der Waals surface area contributed by atoms with Gasteiger partial charge in [0.2, 0.25) is 0 Å². The van der Waals surface area contributed by atoms with Gasteiger partial charge in [0.1, 0.15) is 0 Å². The minimum Gasteiger partial charge on any atom is -0.469 e. The molecule has 0 aliphatic rings. The number of allylic oxidation sites excluding steroid dienone is 2. The van der Waals surface area contributed by atoms with Crippen molar-refractivity contribution in [3.05, 3.63) is 19.1 Å². The van der Waals surface area contributed by atoms with Crippen LogP contribution in [0.1, 0.15) is 32.1 Å². The normalized spacial score (nSPS) is 10.5. The molecule has 0 saturated carbocycles. The minimum absolute atomic E-state index is 0.115. The van der Waals surface area contributed by atoms with Gasteiger partial charge in [-0.05, 0) is 32.6 Å². The Hall–Kier alpha value is -0.790. The number of ether oxygens (including phenoxy) is 1. The molecule has 0 aromatic carbocycles. The van der Waals surface area contributed by atoms with E-state index >= 15 is 0 Å². The molecule has 0 heterocycles. The molecule has 0 aliphatic heterocycles. The maximum absolute atomic E-state index is 10.7. The smallest absolute Gasteiger partial charge is 0.305 e. The molecule has 0 unspecified atom stereocenters. The third-order valence-electron chi connectivity index (χ3n) is 1.56. The van der Waals surface area contributed by atoms with E-state index in [2.05, 4.69) is 17.7 Å². The maximum atomic E-state index is 10.7. The lowest BCUT2D eigenvalue weighted by Crippen LogP contribution is -1.98.